The van der Waals surface area contributed by atoms with Gasteiger partial charge in [0.05, 0.1) is 23.9 Å². The average molecular weight is 447 g/mol. The SMILES string of the molecule is CCOc1ccc(/C=C2/N=C(c3ccccc3Cl)N(c3ccc(OCC)cc3)C2=O)cc1. The van der Waals surface area contributed by atoms with Crippen LogP contribution in [0.15, 0.2) is 83.5 Å². The Kier molecular flexibility index (Phi) is 6.57. The third kappa shape index (κ3) is 4.53. The van der Waals surface area contributed by atoms with Crippen molar-refractivity contribution in [2.24, 2.45) is 4.99 Å². The molecular weight excluding hydrogens is 424 g/mol. The Morgan fingerprint density at radius 2 is 1.47 bits per heavy atom. The number of ether oxygens (including phenoxy) is 2. The summed E-state index contributed by atoms with van der Waals surface area (Å²) >= 11 is 6.45. The van der Waals surface area contributed by atoms with Crippen molar-refractivity contribution < 1.29 is 14.3 Å². The molecule has 162 valence electrons. The molecular formula is C26H23ClN2O3. The molecule has 4 rings (SSSR count). The molecule has 0 bridgehead atoms. The minimum atomic E-state index is -0.224. The summed E-state index contributed by atoms with van der Waals surface area (Å²) in [5.74, 6) is 1.79. The maximum atomic E-state index is 13.4. The second-order valence-corrected chi connectivity index (χ2v) is 7.42. The van der Waals surface area contributed by atoms with Gasteiger partial charge >= 0.3 is 0 Å². The number of amides is 1. The fraction of sp³-hybridized carbons (Fsp3) is 0.154. The van der Waals surface area contributed by atoms with Gasteiger partial charge < -0.3 is 9.47 Å². The lowest BCUT2D eigenvalue weighted by molar-refractivity contribution is -0.113. The number of amidine groups is 1. The largest absolute Gasteiger partial charge is 0.494 e. The average Bonchev–Trinajstić information content (AvgIpc) is 3.12. The fourth-order valence-corrected chi connectivity index (χ4v) is 3.64. The topological polar surface area (TPSA) is 51.1 Å². The molecule has 0 radical (unpaired) electrons. The van der Waals surface area contributed by atoms with Gasteiger partial charge in [0.15, 0.2) is 0 Å². The number of rotatable bonds is 7. The van der Waals surface area contributed by atoms with Crippen LogP contribution in [-0.4, -0.2) is 25.0 Å². The number of carbonyl (C=O) groups is 1. The van der Waals surface area contributed by atoms with Crippen LogP contribution in [0.5, 0.6) is 11.5 Å². The van der Waals surface area contributed by atoms with Crippen LogP contribution in [0.25, 0.3) is 6.08 Å². The Morgan fingerprint density at radius 3 is 2.06 bits per heavy atom. The van der Waals surface area contributed by atoms with Crippen molar-refractivity contribution in [2.45, 2.75) is 13.8 Å². The highest BCUT2D eigenvalue weighted by Gasteiger charge is 2.33. The van der Waals surface area contributed by atoms with Gasteiger partial charge in [-0.2, -0.15) is 0 Å². The number of aliphatic imine (C=N–C) groups is 1. The molecule has 0 saturated heterocycles. The normalized spacial score (nSPS) is 14.6. The lowest BCUT2D eigenvalue weighted by Gasteiger charge is -2.19. The number of hydrogen-bond acceptors (Lipinski definition) is 4. The van der Waals surface area contributed by atoms with Crippen LogP contribution >= 0.6 is 11.6 Å². The van der Waals surface area contributed by atoms with Crippen LogP contribution in [0, 0.1) is 0 Å². The summed E-state index contributed by atoms with van der Waals surface area (Å²) in [6.07, 6.45) is 1.77. The van der Waals surface area contributed by atoms with E-state index >= 15 is 0 Å². The number of carbonyl (C=O) groups excluding carboxylic acids is 1. The molecule has 0 spiro atoms. The molecule has 3 aromatic carbocycles. The monoisotopic (exact) mass is 446 g/mol. The summed E-state index contributed by atoms with van der Waals surface area (Å²) in [4.78, 5) is 19.7. The molecule has 1 amide bonds. The smallest absolute Gasteiger partial charge is 0.282 e. The second-order valence-electron chi connectivity index (χ2n) is 7.01. The fourth-order valence-electron chi connectivity index (χ4n) is 3.42. The molecule has 0 fully saturated rings. The Bertz CT molecular complexity index is 1170. The first-order valence-electron chi connectivity index (χ1n) is 10.5. The quantitative estimate of drug-likeness (QED) is 0.420. The Balaban J connectivity index is 1.74. The molecule has 0 aliphatic carbocycles. The molecule has 6 heteroatoms. The number of nitrogens with zero attached hydrogens (tertiary/aromatic N) is 2. The lowest BCUT2D eigenvalue weighted by atomic mass is 10.1. The molecule has 1 heterocycles. The van der Waals surface area contributed by atoms with Crippen LogP contribution < -0.4 is 14.4 Å². The Labute approximate surface area is 192 Å². The molecule has 32 heavy (non-hydrogen) atoms. The summed E-state index contributed by atoms with van der Waals surface area (Å²) in [6, 6.07) is 22.3. The second kappa shape index (κ2) is 9.71. The van der Waals surface area contributed by atoms with Gasteiger partial charge in [-0.25, -0.2) is 4.99 Å². The molecule has 3 aromatic rings. The lowest BCUT2D eigenvalue weighted by Crippen LogP contribution is -2.32. The van der Waals surface area contributed by atoms with Gasteiger partial charge in [-0.05, 0) is 74.0 Å². The highest BCUT2D eigenvalue weighted by molar-refractivity contribution is 6.39. The van der Waals surface area contributed by atoms with Gasteiger partial charge in [0.2, 0.25) is 0 Å². The molecule has 0 aromatic heterocycles. The third-order valence-electron chi connectivity index (χ3n) is 4.88. The van der Waals surface area contributed by atoms with E-state index in [0.717, 1.165) is 17.1 Å². The van der Waals surface area contributed by atoms with E-state index in [1.54, 1.807) is 17.0 Å². The van der Waals surface area contributed by atoms with E-state index in [0.29, 0.717) is 41.0 Å². The highest BCUT2D eigenvalue weighted by atomic mass is 35.5. The van der Waals surface area contributed by atoms with Gasteiger partial charge in [-0.15, -0.1) is 0 Å². The van der Waals surface area contributed by atoms with Crippen LogP contribution in [0.2, 0.25) is 5.02 Å². The van der Waals surface area contributed by atoms with E-state index in [9.17, 15) is 4.79 Å². The van der Waals surface area contributed by atoms with Gasteiger partial charge in [-0.3, -0.25) is 9.69 Å². The van der Waals surface area contributed by atoms with Crippen LogP contribution in [0.4, 0.5) is 5.69 Å². The molecule has 0 N–H and O–H groups in total. The summed E-state index contributed by atoms with van der Waals surface area (Å²) < 4.78 is 11.0. The predicted molar refractivity (Wildman–Crippen MR) is 129 cm³/mol. The number of halogens is 1. The summed E-state index contributed by atoms with van der Waals surface area (Å²) in [5, 5.41) is 0.525. The van der Waals surface area contributed by atoms with Crippen LogP contribution in [0.3, 0.4) is 0 Å². The molecule has 0 saturated carbocycles. The molecule has 0 atom stereocenters. The standard InChI is InChI=1S/C26H23ClN2O3/c1-3-31-20-13-9-18(10-14-20)17-24-26(30)29(19-11-15-21(16-12-19)32-4-2)25(28-24)22-7-5-6-8-23(22)27/h5-17H,3-4H2,1-2H3/b24-17+. The van der Waals surface area contributed by atoms with E-state index in [1.165, 1.54) is 0 Å². The van der Waals surface area contributed by atoms with E-state index in [1.807, 2.05) is 80.6 Å². The van der Waals surface area contributed by atoms with Crippen molar-refractivity contribution in [3.63, 3.8) is 0 Å². The van der Waals surface area contributed by atoms with Crippen LogP contribution in [0.1, 0.15) is 25.0 Å². The first kappa shape index (κ1) is 21.7. The minimum absolute atomic E-state index is 0.224. The van der Waals surface area contributed by atoms with E-state index in [4.69, 9.17) is 21.1 Å². The van der Waals surface area contributed by atoms with Crippen molar-refractivity contribution in [3.05, 3.63) is 94.6 Å². The third-order valence-corrected chi connectivity index (χ3v) is 5.21. The van der Waals surface area contributed by atoms with Gasteiger partial charge in [-0.1, -0.05) is 35.9 Å². The van der Waals surface area contributed by atoms with Crippen molar-refractivity contribution in [1.82, 2.24) is 0 Å². The van der Waals surface area contributed by atoms with Gasteiger partial charge in [0, 0.05) is 5.56 Å². The molecule has 5 nitrogen and oxygen atoms in total. The van der Waals surface area contributed by atoms with Crippen molar-refractivity contribution in [3.8, 4) is 11.5 Å². The summed E-state index contributed by atoms with van der Waals surface area (Å²) in [7, 11) is 0. The zero-order chi connectivity index (χ0) is 22.5. The number of hydrogen-bond donors (Lipinski definition) is 0. The highest BCUT2D eigenvalue weighted by Crippen LogP contribution is 2.31. The Hall–Kier alpha value is -3.57. The maximum Gasteiger partial charge on any atom is 0.282 e. The van der Waals surface area contributed by atoms with E-state index in [-0.39, 0.29) is 5.91 Å². The van der Waals surface area contributed by atoms with Gasteiger partial charge in [0.1, 0.15) is 23.0 Å². The van der Waals surface area contributed by atoms with Gasteiger partial charge in [0.25, 0.3) is 5.91 Å². The molecule has 1 aliphatic heterocycles. The van der Waals surface area contributed by atoms with E-state index in [2.05, 4.69) is 4.99 Å². The first-order chi connectivity index (χ1) is 15.6. The van der Waals surface area contributed by atoms with Crippen molar-refractivity contribution in [2.75, 3.05) is 18.1 Å². The molecule has 1 aliphatic rings. The predicted octanol–water partition coefficient (Wildman–Crippen LogP) is 5.97. The van der Waals surface area contributed by atoms with E-state index < -0.39 is 0 Å². The zero-order valence-corrected chi connectivity index (χ0v) is 18.7. The summed E-state index contributed by atoms with van der Waals surface area (Å²) in [5.41, 5.74) is 2.56. The van der Waals surface area contributed by atoms with Crippen LogP contribution in [-0.2, 0) is 4.79 Å². The van der Waals surface area contributed by atoms with Crippen molar-refractivity contribution in [1.29, 1.82) is 0 Å². The maximum absolute atomic E-state index is 13.4. The zero-order valence-electron chi connectivity index (χ0n) is 17.9. The first-order valence-corrected chi connectivity index (χ1v) is 10.8. The minimum Gasteiger partial charge on any atom is -0.494 e. The number of benzene rings is 3. The molecule has 0 unspecified atom stereocenters. The number of anilines is 1. The Morgan fingerprint density at radius 1 is 0.875 bits per heavy atom. The van der Waals surface area contributed by atoms with Crippen molar-refractivity contribution >= 4 is 35.1 Å². The summed E-state index contributed by atoms with van der Waals surface area (Å²) in [6.45, 7) is 5.04.